The third kappa shape index (κ3) is 3.39. The number of nitriles is 1. The Labute approximate surface area is 143 Å². The van der Waals surface area contributed by atoms with Crippen LogP contribution in [-0.2, 0) is 6.18 Å². The fourth-order valence-corrected chi connectivity index (χ4v) is 3.47. The van der Waals surface area contributed by atoms with Crippen molar-refractivity contribution in [3.63, 3.8) is 0 Å². The summed E-state index contributed by atoms with van der Waals surface area (Å²) in [4.78, 5) is 6.30. The summed E-state index contributed by atoms with van der Waals surface area (Å²) >= 11 is 2.60. The summed E-state index contributed by atoms with van der Waals surface area (Å²) < 4.78 is 43.1. The number of alkyl halides is 3. The van der Waals surface area contributed by atoms with Crippen molar-refractivity contribution in [2.24, 2.45) is 0 Å². The first kappa shape index (κ1) is 16.4. The third-order valence-electron chi connectivity index (χ3n) is 3.08. The van der Waals surface area contributed by atoms with E-state index in [2.05, 4.69) is 14.7 Å². The van der Waals surface area contributed by atoms with E-state index in [0.29, 0.717) is 11.0 Å². The van der Waals surface area contributed by atoms with Gasteiger partial charge in [-0.25, -0.2) is 0 Å². The maximum Gasteiger partial charge on any atom is 0.417 e. The lowest BCUT2D eigenvalue weighted by molar-refractivity contribution is -0.137. The highest BCUT2D eigenvalue weighted by Crippen LogP contribution is 2.35. The summed E-state index contributed by atoms with van der Waals surface area (Å²) in [7, 11) is 0. The fraction of sp³-hybridized carbons (Fsp3) is 0.133. The summed E-state index contributed by atoms with van der Waals surface area (Å²) in [6, 6.07) is 8.84. The van der Waals surface area contributed by atoms with E-state index < -0.39 is 17.3 Å². The van der Waals surface area contributed by atoms with Crippen LogP contribution in [-0.4, -0.2) is 9.36 Å². The summed E-state index contributed by atoms with van der Waals surface area (Å²) in [5.41, 5.74) is -1.19. The minimum atomic E-state index is -4.59. The van der Waals surface area contributed by atoms with Gasteiger partial charge in [0.2, 0.25) is 5.13 Å². The van der Waals surface area contributed by atoms with E-state index in [1.54, 1.807) is 17.4 Å². The first-order chi connectivity index (χ1) is 11.4. The normalized spacial score (nSPS) is 11.3. The fourth-order valence-electron chi connectivity index (χ4n) is 2.01. The van der Waals surface area contributed by atoms with Gasteiger partial charge in [-0.1, -0.05) is 0 Å². The van der Waals surface area contributed by atoms with Crippen molar-refractivity contribution >= 4 is 33.7 Å². The van der Waals surface area contributed by atoms with Gasteiger partial charge in [0.1, 0.15) is 0 Å². The molecule has 0 fully saturated rings. The van der Waals surface area contributed by atoms with Crippen molar-refractivity contribution < 1.29 is 13.2 Å². The minimum absolute atomic E-state index is 0.200. The Hall–Kier alpha value is -2.44. The van der Waals surface area contributed by atoms with Crippen LogP contribution in [0.25, 0.3) is 10.7 Å². The van der Waals surface area contributed by atoms with Crippen LogP contribution in [0.15, 0.2) is 30.3 Å². The molecule has 0 atom stereocenters. The Kier molecular flexibility index (Phi) is 4.26. The predicted molar refractivity (Wildman–Crippen MR) is 87.4 cm³/mol. The molecular formula is C15H9F3N4S2. The molecule has 24 heavy (non-hydrogen) atoms. The van der Waals surface area contributed by atoms with Crippen molar-refractivity contribution in [1.82, 2.24) is 9.36 Å². The molecule has 0 saturated carbocycles. The Morgan fingerprint density at radius 2 is 2.00 bits per heavy atom. The second-order valence-electron chi connectivity index (χ2n) is 4.83. The second kappa shape index (κ2) is 6.22. The van der Waals surface area contributed by atoms with Gasteiger partial charge in [-0.15, -0.1) is 11.3 Å². The molecule has 4 nitrogen and oxygen atoms in total. The SMILES string of the molecule is Cc1ccc(-c2nsc(Nc3ccc(C#N)c(C(F)(F)F)c3)n2)s1. The second-order valence-corrected chi connectivity index (χ2v) is 6.87. The van der Waals surface area contributed by atoms with Gasteiger partial charge in [0.05, 0.1) is 22.1 Å². The Morgan fingerprint density at radius 1 is 1.21 bits per heavy atom. The van der Waals surface area contributed by atoms with Crippen LogP contribution < -0.4 is 5.32 Å². The van der Waals surface area contributed by atoms with Gasteiger partial charge in [-0.05, 0) is 37.3 Å². The number of thiophene rings is 1. The molecule has 2 aromatic heterocycles. The van der Waals surface area contributed by atoms with Gasteiger partial charge in [-0.3, -0.25) is 0 Å². The molecule has 0 saturated heterocycles. The molecule has 122 valence electrons. The minimum Gasteiger partial charge on any atom is -0.330 e. The van der Waals surface area contributed by atoms with Crippen molar-refractivity contribution in [3.8, 4) is 16.8 Å². The summed E-state index contributed by atoms with van der Waals surface area (Å²) in [5, 5.41) is 12.0. The molecule has 0 aliphatic carbocycles. The topological polar surface area (TPSA) is 61.6 Å². The molecule has 2 heterocycles. The molecule has 1 aromatic carbocycles. The molecule has 3 rings (SSSR count). The molecule has 0 bridgehead atoms. The first-order valence-corrected chi connectivity index (χ1v) is 8.24. The molecule has 0 aliphatic heterocycles. The van der Waals surface area contributed by atoms with Crippen LogP contribution in [0.2, 0.25) is 0 Å². The molecule has 0 unspecified atom stereocenters. The molecule has 3 aromatic rings. The van der Waals surface area contributed by atoms with Gasteiger partial charge in [0, 0.05) is 22.1 Å². The standard InChI is InChI=1S/C15H9F3N4S2/c1-8-2-5-12(23-8)13-21-14(24-22-13)20-10-4-3-9(7-19)11(6-10)15(16,17)18/h2-6H,1H3,(H,20,21,22). The van der Waals surface area contributed by atoms with Crippen LogP contribution in [0.3, 0.4) is 0 Å². The molecule has 0 spiro atoms. The third-order valence-corrected chi connectivity index (χ3v) is 4.71. The van der Waals surface area contributed by atoms with Gasteiger partial charge in [0.25, 0.3) is 0 Å². The molecule has 0 amide bonds. The van der Waals surface area contributed by atoms with E-state index in [-0.39, 0.29) is 5.69 Å². The van der Waals surface area contributed by atoms with Crippen molar-refractivity contribution in [1.29, 1.82) is 5.26 Å². The summed E-state index contributed by atoms with van der Waals surface area (Å²) in [5.74, 6) is 0.533. The van der Waals surface area contributed by atoms with Gasteiger partial charge in [-0.2, -0.15) is 27.8 Å². The number of hydrogen-bond acceptors (Lipinski definition) is 6. The maximum absolute atomic E-state index is 13.0. The Bertz CT molecular complexity index is 921. The van der Waals surface area contributed by atoms with Crippen LogP contribution in [0.5, 0.6) is 0 Å². The van der Waals surface area contributed by atoms with E-state index in [1.807, 2.05) is 19.1 Å². The highest BCUT2D eigenvalue weighted by Gasteiger charge is 2.33. The number of halogens is 3. The van der Waals surface area contributed by atoms with E-state index in [4.69, 9.17) is 5.26 Å². The number of aromatic nitrogens is 2. The molecule has 1 N–H and O–H groups in total. The molecular weight excluding hydrogens is 357 g/mol. The average Bonchev–Trinajstić information content (AvgIpc) is 3.15. The molecule has 9 heteroatoms. The van der Waals surface area contributed by atoms with Crippen molar-refractivity contribution in [2.45, 2.75) is 13.1 Å². The molecule has 0 aliphatic rings. The number of benzene rings is 1. The van der Waals surface area contributed by atoms with E-state index in [9.17, 15) is 13.2 Å². The number of nitrogens with one attached hydrogen (secondary N) is 1. The Balaban J connectivity index is 1.87. The number of rotatable bonds is 3. The number of anilines is 2. The zero-order chi connectivity index (χ0) is 17.3. The van der Waals surface area contributed by atoms with Crippen molar-refractivity contribution in [2.75, 3.05) is 5.32 Å². The quantitative estimate of drug-likeness (QED) is 0.691. The number of aryl methyl sites for hydroxylation is 1. The monoisotopic (exact) mass is 366 g/mol. The highest BCUT2D eigenvalue weighted by molar-refractivity contribution is 7.15. The zero-order valence-corrected chi connectivity index (χ0v) is 13.8. The van der Waals surface area contributed by atoms with E-state index in [0.717, 1.165) is 33.4 Å². The summed E-state index contributed by atoms with van der Waals surface area (Å²) in [6.45, 7) is 1.97. The largest absolute Gasteiger partial charge is 0.417 e. The highest BCUT2D eigenvalue weighted by atomic mass is 32.1. The summed E-state index contributed by atoms with van der Waals surface area (Å²) in [6.07, 6.45) is -4.59. The van der Waals surface area contributed by atoms with Gasteiger partial charge < -0.3 is 5.32 Å². The van der Waals surface area contributed by atoms with E-state index in [1.165, 1.54) is 6.07 Å². The maximum atomic E-state index is 13.0. The van der Waals surface area contributed by atoms with Crippen molar-refractivity contribution in [3.05, 3.63) is 46.3 Å². The lowest BCUT2D eigenvalue weighted by Crippen LogP contribution is -2.08. The van der Waals surface area contributed by atoms with Crippen LogP contribution in [0.4, 0.5) is 24.0 Å². The van der Waals surface area contributed by atoms with Gasteiger partial charge in [0.15, 0.2) is 5.82 Å². The van der Waals surface area contributed by atoms with Gasteiger partial charge >= 0.3 is 6.18 Å². The lowest BCUT2D eigenvalue weighted by Gasteiger charge is -2.10. The number of hydrogen-bond donors (Lipinski definition) is 1. The van der Waals surface area contributed by atoms with Crippen LogP contribution >= 0.6 is 22.9 Å². The van der Waals surface area contributed by atoms with E-state index >= 15 is 0 Å². The first-order valence-electron chi connectivity index (χ1n) is 6.66. The smallest absolute Gasteiger partial charge is 0.330 e. The zero-order valence-electron chi connectivity index (χ0n) is 12.2. The average molecular weight is 366 g/mol. The molecule has 0 radical (unpaired) electrons. The number of nitrogens with zero attached hydrogens (tertiary/aromatic N) is 3. The lowest BCUT2D eigenvalue weighted by atomic mass is 10.1. The van der Waals surface area contributed by atoms with Crippen LogP contribution in [0, 0.1) is 18.3 Å². The predicted octanol–water partition coefficient (Wildman–Crippen LogP) is 5.21. The van der Waals surface area contributed by atoms with Crippen LogP contribution in [0.1, 0.15) is 16.0 Å². The Morgan fingerprint density at radius 3 is 2.62 bits per heavy atom.